The number of rotatable bonds is 3. The number of H-pyrrole nitrogens is 1. The molecule has 3 heterocycles. The standard InChI is InChI=1S/C15H13ClF3N5S/c1-6-3-8-4-9(22-13(16)12(8)21-6)7(2)25-14-23-10(15(17,18)19)5-11(20)24-14/h3-5,7,21H,1-2H3,(H2,20,23,24). The molecule has 1 unspecified atom stereocenters. The molecule has 0 aliphatic carbocycles. The average molecular weight is 388 g/mol. The minimum Gasteiger partial charge on any atom is -0.384 e. The van der Waals surface area contributed by atoms with Crippen molar-refractivity contribution in [2.75, 3.05) is 5.73 Å². The number of nitrogens with two attached hydrogens (primary N) is 1. The zero-order chi connectivity index (χ0) is 18.4. The van der Waals surface area contributed by atoms with Crippen LogP contribution in [0.2, 0.25) is 5.15 Å². The van der Waals surface area contributed by atoms with Gasteiger partial charge in [-0.05, 0) is 26.0 Å². The first-order chi connectivity index (χ1) is 11.6. The van der Waals surface area contributed by atoms with Crippen LogP contribution in [0.25, 0.3) is 10.9 Å². The fourth-order valence-corrected chi connectivity index (χ4v) is 3.44. The largest absolute Gasteiger partial charge is 0.433 e. The van der Waals surface area contributed by atoms with Crippen molar-refractivity contribution in [3.8, 4) is 0 Å². The molecule has 1 atom stereocenters. The highest BCUT2D eigenvalue weighted by Crippen LogP contribution is 2.36. The second-order valence-electron chi connectivity index (χ2n) is 5.47. The molecule has 0 spiro atoms. The molecular formula is C15H13ClF3N5S. The summed E-state index contributed by atoms with van der Waals surface area (Å²) in [4.78, 5) is 14.8. The summed E-state index contributed by atoms with van der Waals surface area (Å²) in [5.41, 5.74) is 6.66. The molecule has 10 heteroatoms. The molecule has 0 saturated carbocycles. The van der Waals surface area contributed by atoms with Crippen LogP contribution in [0.4, 0.5) is 19.0 Å². The van der Waals surface area contributed by atoms with E-state index in [4.69, 9.17) is 17.3 Å². The minimum atomic E-state index is -4.58. The van der Waals surface area contributed by atoms with Crippen LogP contribution < -0.4 is 5.73 Å². The molecule has 0 bridgehead atoms. The first kappa shape index (κ1) is 17.8. The van der Waals surface area contributed by atoms with Gasteiger partial charge < -0.3 is 10.7 Å². The molecule has 0 aliphatic rings. The lowest BCUT2D eigenvalue weighted by Gasteiger charge is -2.12. The minimum absolute atomic E-state index is 0.0666. The summed E-state index contributed by atoms with van der Waals surface area (Å²) in [7, 11) is 0. The van der Waals surface area contributed by atoms with E-state index in [1.54, 1.807) is 6.92 Å². The Morgan fingerprint density at radius 1 is 1.20 bits per heavy atom. The SMILES string of the molecule is Cc1cc2cc(C(C)Sc3nc(N)cc(C(F)(F)F)n3)nc(Cl)c2[nH]1. The summed E-state index contributed by atoms with van der Waals surface area (Å²) in [5, 5.41) is 0.796. The van der Waals surface area contributed by atoms with Gasteiger partial charge in [0.2, 0.25) is 0 Å². The van der Waals surface area contributed by atoms with E-state index in [2.05, 4.69) is 19.9 Å². The topological polar surface area (TPSA) is 80.5 Å². The Balaban J connectivity index is 1.92. The predicted molar refractivity (Wildman–Crippen MR) is 91.6 cm³/mol. The van der Waals surface area contributed by atoms with Gasteiger partial charge in [0.05, 0.1) is 16.5 Å². The van der Waals surface area contributed by atoms with Gasteiger partial charge in [0.15, 0.2) is 16.0 Å². The molecule has 3 aromatic rings. The number of aromatic amines is 1. The first-order valence-corrected chi connectivity index (χ1v) is 8.43. The summed E-state index contributed by atoms with van der Waals surface area (Å²) < 4.78 is 38.5. The predicted octanol–water partition coefficient (Wildman–Crippen LogP) is 4.77. The van der Waals surface area contributed by atoms with Crippen LogP contribution in [0.1, 0.15) is 29.3 Å². The number of pyridine rings is 1. The van der Waals surface area contributed by atoms with E-state index in [1.165, 1.54) is 0 Å². The van der Waals surface area contributed by atoms with E-state index in [1.807, 2.05) is 19.1 Å². The highest BCUT2D eigenvalue weighted by Gasteiger charge is 2.33. The van der Waals surface area contributed by atoms with Crippen LogP contribution in [0, 0.1) is 6.92 Å². The number of alkyl halides is 3. The highest BCUT2D eigenvalue weighted by atomic mass is 35.5. The van der Waals surface area contributed by atoms with Crippen molar-refractivity contribution in [1.29, 1.82) is 0 Å². The van der Waals surface area contributed by atoms with Crippen LogP contribution in [0.3, 0.4) is 0 Å². The molecule has 0 fully saturated rings. The number of nitrogens with one attached hydrogen (secondary N) is 1. The maximum atomic E-state index is 12.8. The summed E-state index contributed by atoms with van der Waals surface area (Å²) in [6.07, 6.45) is -4.58. The summed E-state index contributed by atoms with van der Waals surface area (Å²) in [5.74, 6) is -0.236. The van der Waals surface area contributed by atoms with Crippen molar-refractivity contribution in [3.63, 3.8) is 0 Å². The molecule has 25 heavy (non-hydrogen) atoms. The lowest BCUT2D eigenvalue weighted by molar-refractivity contribution is -0.141. The molecule has 132 valence electrons. The maximum Gasteiger partial charge on any atom is 0.433 e. The molecule has 0 saturated heterocycles. The van der Waals surface area contributed by atoms with Gasteiger partial charge in [0.1, 0.15) is 5.82 Å². The number of fused-ring (bicyclic) bond motifs is 1. The Bertz CT molecular complexity index is 941. The fraction of sp³-hybridized carbons (Fsp3) is 0.267. The smallest absolute Gasteiger partial charge is 0.384 e. The molecule has 0 aliphatic heterocycles. The van der Waals surface area contributed by atoms with Crippen molar-refractivity contribution in [2.45, 2.75) is 30.4 Å². The first-order valence-electron chi connectivity index (χ1n) is 7.17. The van der Waals surface area contributed by atoms with Crippen LogP contribution >= 0.6 is 23.4 Å². The number of anilines is 1. The quantitative estimate of drug-likeness (QED) is 0.384. The van der Waals surface area contributed by atoms with Crippen LogP contribution in [0.5, 0.6) is 0 Å². The number of hydrogen-bond acceptors (Lipinski definition) is 5. The Labute approximate surface area is 150 Å². The van der Waals surface area contributed by atoms with Crippen molar-refractivity contribution in [1.82, 2.24) is 19.9 Å². The number of nitrogens with zero attached hydrogens (tertiary/aromatic N) is 3. The lowest BCUT2D eigenvalue weighted by Crippen LogP contribution is -2.11. The fourth-order valence-electron chi connectivity index (χ4n) is 2.32. The van der Waals surface area contributed by atoms with Gasteiger partial charge in [-0.15, -0.1) is 0 Å². The van der Waals surface area contributed by atoms with E-state index in [-0.39, 0.29) is 16.2 Å². The van der Waals surface area contributed by atoms with Gasteiger partial charge >= 0.3 is 6.18 Å². The molecular weight excluding hydrogens is 375 g/mol. The molecule has 3 aromatic heterocycles. The second kappa shape index (κ2) is 6.38. The Morgan fingerprint density at radius 2 is 1.92 bits per heavy atom. The highest BCUT2D eigenvalue weighted by molar-refractivity contribution is 7.99. The molecule has 0 amide bonds. The molecule has 3 N–H and O–H groups in total. The van der Waals surface area contributed by atoms with Gasteiger partial charge in [0.25, 0.3) is 0 Å². The van der Waals surface area contributed by atoms with E-state index < -0.39 is 11.9 Å². The third-order valence-electron chi connectivity index (χ3n) is 3.43. The number of hydrogen-bond donors (Lipinski definition) is 2. The summed E-state index contributed by atoms with van der Waals surface area (Å²) in [6.45, 7) is 3.68. The van der Waals surface area contributed by atoms with Crippen molar-refractivity contribution >= 4 is 40.1 Å². The van der Waals surface area contributed by atoms with Gasteiger partial charge in [-0.2, -0.15) is 13.2 Å². The molecule has 0 aromatic carbocycles. The average Bonchev–Trinajstić information content (AvgIpc) is 2.86. The Morgan fingerprint density at radius 3 is 2.60 bits per heavy atom. The van der Waals surface area contributed by atoms with Crippen molar-refractivity contribution < 1.29 is 13.2 Å². The van der Waals surface area contributed by atoms with Crippen LogP contribution in [0.15, 0.2) is 23.4 Å². The normalized spacial score (nSPS) is 13.4. The van der Waals surface area contributed by atoms with Gasteiger partial charge in [0, 0.05) is 17.1 Å². The zero-order valence-corrected chi connectivity index (χ0v) is 14.7. The summed E-state index contributed by atoms with van der Waals surface area (Å²) in [6, 6.07) is 4.46. The molecule has 0 radical (unpaired) electrons. The number of nitrogen functional groups attached to an aromatic ring is 1. The van der Waals surface area contributed by atoms with Gasteiger partial charge in [-0.25, -0.2) is 15.0 Å². The second-order valence-corrected chi connectivity index (χ2v) is 7.14. The maximum absolute atomic E-state index is 12.8. The third-order valence-corrected chi connectivity index (χ3v) is 4.70. The molecule has 5 nitrogen and oxygen atoms in total. The molecule has 3 rings (SSSR count). The van der Waals surface area contributed by atoms with E-state index >= 15 is 0 Å². The van der Waals surface area contributed by atoms with Crippen molar-refractivity contribution in [3.05, 3.63) is 40.4 Å². The van der Waals surface area contributed by atoms with Gasteiger partial charge in [-0.3, -0.25) is 0 Å². The number of halogens is 4. The summed E-state index contributed by atoms with van der Waals surface area (Å²) >= 11 is 7.21. The monoisotopic (exact) mass is 387 g/mol. The van der Waals surface area contributed by atoms with Gasteiger partial charge in [-0.1, -0.05) is 23.4 Å². The van der Waals surface area contributed by atoms with E-state index in [0.717, 1.165) is 28.4 Å². The number of aromatic nitrogens is 4. The number of aryl methyl sites for hydroxylation is 1. The van der Waals surface area contributed by atoms with E-state index in [0.29, 0.717) is 16.9 Å². The number of thioether (sulfide) groups is 1. The zero-order valence-electron chi connectivity index (χ0n) is 13.1. The van der Waals surface area contributed by atoms with Crippen molar-refractivity contribution in [2.24, 2.45) is 0 Å². The lowest BCUT2D eigenvalue weighted by atomic mass is 10.2. The Kier molecular flexibility index (Phi) is 4.54. The van der Waals surface area contributed by atoms with E-state index in [9.17, 15) is 13.2 Å². The van der Waals surface area contributed by atoms with Crippen LogP contribution in [-0.2, 0) is 6.18 Å². The third kappa shape index (κ3) is 3.82. The van der Waals surface area contributed by atoms with Crippen LogP contribution in [-0.4, -0.2) is 19.9 Å². The Hall–Kier alpha value is -2.00.